The normalized spacial score (nSPS) is 11.9. The molecule has 1 heterocycles. The van der Waals surface area contributed by atoms with Crippen molar-refractivity contribution >= 4 is 34.1 Å². The molecule has 10 heteroatoms. The van der Waals surface area contributed by atoms with E-state index in [4.69, 9.17) is 15.5 Å². The number of amides is 1. The van der Waals surface area contributed by atoms with Gasteiger partial charge in [0.05, 0.1) is 21.9 Å². The second-order valence-corrected chi connectivity index (χ2v) is 9.72. The summed E-state index contributed by atoms with van der Waals surface area (Å²) in [5, 5.41) is 25.4. The summed E-state index contributed by atoms with van der Waals surface area (Å²) < 4.78 is 5.26. The number of hydrogen-bond donors (Lipinski definition) is 4. The van der Waals surface area contributed by atoms with Crippen LogP contribution in [0.4, 0.5) is 16.2 Å². The number of aromatic nitrogens is 1. The Bertz CT molecular complexity index is 1500. The molecule has 0 saturated carbocycles. The minimum Gasteiger partial charge on any atom is -0.494 e. The zero-order valence-electron chi connectivity index (χ0n) is 21.3. The summed E-state index contributed by atoms with van der Waals surface area (Å²) >= 11 is 0. The smallest absolute Gasteiger partial charge is 0.407 e. The van der Waals surface area contributed by atoms with E-state index in [-0.39, 0.29) is 18.1 Å². The van der Waals surface area contributed by atoms with Crippen molar-refractivity contribution in [3.05, 3.63) is 99.1 Å². The number of nitrogens with zero attached hydrogens (tertiary/aromatic N) is 2. The molecule has 0 atom stereocenters. The number of fused-ring (bicyclic) bond motifs is 1. The SMILES string of the molecule is CC(C)(C)OC(=O)NCc1ccc(N=C(c2ccc(CN)cc2)c2c(O)[nH]c3ccc([N+](=O)[O-])cc23)cc1. The van der Waals surface area contributed by atoms with Crippen molar-refractivity contribution in [1.29, 1.82) is 0 Å². The quantitative estimate of drug-likeness (QED) is 0.146. The number of nitro benzene ring substituents is 1. The standard InChI is InChI=1S/C28H29N5O5/c1-28(2,3)38-27(35)30-16-18-6-10-20(11-7-18)31-25(19-8-4-17(15-29)5-9-19)24-22-14-21(33(36)37)12-13-23(22)32-26(24)34/h4-14,32,34H,15-16,29H2,1-3H3,(H,30,35). The number of nitrogens with one attached hydrogen (secondary N) is 2. The number of alkyl carbamates (subject to hydrolysis) is 1. The van der Waals surface area contributed by atoms with Crippen LogP contribution in [0.25, 0.3) is 10.9 Å². The second-order valence-electron chi connectivity index (χ2n) is 9.72. The number of H-pyrrole nitrogens is 1. The first-order valence-corrected chi connectivity index (χ1v) is 12.0. The van der Waals surface area contributed by atoms with Crippen LogP contribution in [0, 0.1) is 10.1 Å². The van der Waals surface area contributed by atoms with E-state index >= 15 is 0 Å². The predicted octanol–water partition coefficient (Wildman–Crippen LogP) is 5.43. The van der Waals surface area contributed by atoms with Gasteiger partial charge in [-0.2, -0.15) is 0 Å². The number of aliphatic imine (C=N–C) groups is 1. The van der Waals surface area contributed by atoms with Gasteiger partial charge in [0, 0.05) is 41.7 Å². The average molecular weight is 516 g/mol. The van der Waals surface area contributed by atoms with Gasteiger partial charge < -0.3 is 25.9 Å². The van der Waals surface area contributed by atoms with Crippen molar-refractivity contribution in [3.8, 4) is 5.88 Å². The molecule has 0 spiro atoms. The van der Waals surface area contributed by atoms with Crippen LogP contribution in [0.3, 0.4) is 0 Å². The minimum absolute atomic E-state index is 0.0996. The van der Waals surface area contributed by atoms with Crippen LogP contribution >= 0.6 is 0 Å². The fourth-order valence-electron chi connectivity index (χ4n) is 3.89. The Morgan fingerprint density at radius 1 is 1.08 bits per heavy atom. The first kappa shape index (κ1) is 26.4. The summed E-state index contributed by atoms with van der Waals surface area (Å²) in [7, 11) is 0. The van der Waals surface area contributed by atoms with Crippen LogP contribution in [-0.4, -0.2) is 32.4 Å². The monoisotopic (exact) mass is 515 g/mol. The molecule has 0 fully saturated rings. The molecule has 38 heavy (non-hydrogen) atoms. The molecule has 5 N–H and O–H groups in total. The van der Waals surface area contributed by atoms with E-state index in [1.165, 1.54) is 12.1 Å². The molecular formula is C28H29N5O5. The summed E-state index contributed by atoms with van der Waals surface area (Å²) in [5.74, 6) is -0.152. The Labute approximate surface area is 219 Å². The van der Waals surface area contributed by atoms with Gasteiger partial charge in [0.2, 0.25) is 0 Å². The van der Waals surface area contributed by atoms with Crippen LogP contribution < -0.4 is 11.1 Å². The summed E-state index contributed by atoms with van der Waals surface area (Å²) in [6, 6.07) is 19.0. The van der Waals surface area contributed by atoms with Gasteiger partial charge in [-0.1, -0.05) is 36.4 Å². The van der Waals surface area contributed by atoms with Gasteiger partial charge in [0.15, 0.2) is 5.88 Å². The lowest BCUT2D eigenvalue weighted by Gasteiger charge is -2.19. The molecule has 0 aliphatic rings. The van der Waals surface area contributed by atoms with Crippen molar-refractivity contribution < 1.29 is 19.6 Å². The first-order valence-electron chi connectivity index (χ1n) is 12.0. The molecule has 4 rings (SSSR count). The van der Waals surface area contributed by atoms with Gasteiger partial charge in [-0.15, -0.1) is 0 Å². The number of hydrogen-bond acceptors (Lipinski definition) is 7. The van der Waals surface area contributed by atoms with Gasteiger partial charge in [-0.3, -0.25) is 10.1 Å². The lowest BCUT2D eigenvalue weighted by atomic mass is 9.99. The van der Waals surface area contributed by atoms with Crippen molar-refractivity contribution in [2.75, 3.05) is 0 Å². The van der Waals surface area contributed by atoms with E-state index < -0.39 is 16.6 Å². The van der Waals surface area contributed by atoms with Crippen LogP contribution in [0.15, 0.2) is 71.7 Å². The van der Waals surface area contributed by atoms with Crippen molar-refractivity contribution in [1.82, 2.24) is 10.3 Å². The molecule has 3 aromatic carbocycles. The fraction of sp³-hybridized carbons (Fsp3) is 0.214. The van der Waals surface area contributed by atoms with Gasteiger partial charge in [-0.25, -0.2) is 9.79 Å². The molecule has 0 radical (unpaired) electrons. The molecular weight excluding hydrogens is 486 g/mol. The highest BCUT2D eigenvalue weighted by Gasteiger charge is 2.21. The number of aromatic hydroxyl groups is 1. The zero-order valence-corrected chi connectivity index (χ0v) is 21.3. The molecule has 0 aliphatic carbocycles. The predicted molar refractivity (Wildman–Crippen MR) is 146 cm³/mol. The number of carbonyl (C=O) groups is 1. The zero-order chi connectivity index (χ0) is 27.4. The molecule has 0 unspecified atom stereocenters. The maximum Gasteiger partial charge on any atom is 0.407 e. The van der Waals surface area contributed by atoms with E-state index in [1.807, 2.05) is 36.4 Å². The van der Waals surface area contributed by atoms with Crippen molar-refractivity contribution in [3.63, 3.8) is 0 Å². The molecule has 196 valence electrons. The van der Waals surface area contributed by atoms with Crippen LogP contribution in [0.5, 0.6) is 5.88 Å². The maximum atomic E-state index is 12.0. The Kier molecular flexibility index (Phi) is 7.45. The molecule has 1 aromatic heterocycles. The third kappa shape index (κ3) is 6.16. The number of aromatic amines is 1. The third-order valence-electron chi connectivity index (χ3n) is 5.69. The summed E-state index contributed by atoms with van der Waals surface area (Å²) in [4.78, 5) is 30.6. The molecule has 0 aliphatic heterocycles. The summed E-state index contributed by atoms with van der Waals surface area (Å²) in [6.45, 7) is 6.04. The number of nitrogens with two attached hydrogens (primary N) is 1. The molecule has 1 amide bonds. The maximum absolute atomic E-state index is 12.0. The van der Waals surface area contributed by atoms with Gasteiger partial charge in [0.1, 0.15) is 5.60 Å². The molecule has 0 saturated heterocycles. The molecule has 0 bridgehead atoms. The second kappa shape index (κ2) is 10.7. The van der Waals surface area contributed by atoms with Crippen LogP contribution in [-0.2, 0) is 17.8 Å². The highest BCUT2D eigenvalue weighted by Crippen LogP contribution is 2.33. The lowest BCUT2D eigenvalue weighted by Crippen LogP contribution is -2.32. The van der Waals surface area contributed by atoms with Gasteiger partial charge in [-0.05, 0) is 50.1 Å². The Balaban J connectivity index is 1.72. The average Bonchev–Trinajstić information content (AvgIpc) is 3.20. The van der Waals surface area contributed by atoms with Crippen LogP contribution in [0.2, 0.25) is 0 Å². The van der Waals surface area contributed by atoms with E-state index in [0.29, 0.717) is 40.0 Å². The number of carbonyl (C=O) groups excluding carboxylic acids is 1. The molecule has 4 aromatic rings. The summed E-state index contributed by atoms with van der Waals surface area (Å²) in [5.41, 5.74) is 9.43. The fourth-order valence-corrected chi connectivity index (χ4v) is 3.89. The van der Waals surface area contributed by atoms with Gasteiger partial charge in [0.25, 0.3) is 5.69 Å². The Morgan fingerprint density at radius 3 is 2.34 bits per heavy atom. The third-order valence-corrected chi connectivity index (χ3v) is 5.69. The number of benzene rings is 3. The minimum atomic E-state index is -0.588. The number of non-ortho nitro benzene ring substituents is 1. The van der Waals surface area contributed by atoms with Gasteiger partial charge >= 0.3 is 6.09 Å². The number of ether oxygens (including phenoxy) is 1. The highest BCUT2D eigenvalue weighted by atomic mass is 16.6. The van der Waals surface area contributed by atoms with E-state index in [1.54, 1.807) is 39.0 Å². The molecule has 10 nitrogen and oxygen atoms in total. The summed E-state index contributed by atoms with van der Waals surface area (Å²) in [6.07, 6.45) is -0.508. The first-order chi connectivity index (χ1) is 18.0. The van der Waals surface area contributed by atoms with E-state index in [2.05, 4.69) is 10.3 Å². The Morgan fingerprint density at radius 2 is 1.74 bits per heavy atom. The highest BCUT2D eigenvalue weighted by molar-refractivity contribution is 6.22. The van der Waals surface area contributed by atoms with Crippen molar-refractivity contribution in [2.24, 2.45) is 10.7 Å². The van der Waals surface area contributed by atoms with Crippen molar-refractivity contribution in [2.45, 2.75) is 39.5 Å². The van der Waals surface area contributed by atoms with E-state index in [0.717, 1.165) is 11.1 Å². The largest absolute Gasteiger partial charge is 0.494 e. The van der Waals surface area contributed by atoms with E-state index in [9.17, 15) is 20.0 Å². The lowest BCUT2D eigenvalue weighted by molar-refractivity contribution is -0.384. The number of rotatable bonds is 7. The number of nitro groups is 1. The Hall–Kier alpha value is -4.70. The van der Waals surface area contributed by atoms with Crippen LogP contribution in [0.1, 0.15) is 43.0 Å². The topological polar surface area (TPSA) is 156 Å².